The van der Waals surface area contributed by atoms with Gasteiger partial charge in [-0.1, -0.05) is 19.9 Å². The molecule has 1 aromatic heterocycles. The van der Waals surface area contributed by atoms with Crippen LogP contribution in [-0.2, 0) is 7.05 Å². The Labute approximate surface area is 79.4 Å². The van der Waals surface area contributed by atoms with Crippen molar-refractivity contribution in [1.29, 1.82) is 0 Å². The van der Waals surface area contributed by atoms with Crippen molar-refractivity contribution in [3.05, 3.63) is 34.7 Å². The molecule has 0 fully saturated rings. The molecular formula is C10H18N2O. The van der Waals surface area contributed by atoms with E-state index in [1.807, 2.05) is 6.07 Å². The van der Waals surface area contributed by atoms with Crippen molar-refractivity contribution >= 4 is 0 Å². The molecule has 13 heavy (non-hydrogen) atoms. The van der Waals surface area contributed by atoms with Gasteiger partial charge in [0.2, 0.25) is 5.56 Å². The molecule has 0 aliphatic carbocycles. The first-order chi connectivity index (χ1) is 6.22. The van der Waals surface area contributed by atoms with Gasteiger partial charge in [-0.05, 0) is 19.2 Å². The molecule has 1 N–H and O–H groups in total. The van der Waals surface area contributed by atoms with Crippen molar-refractivity contribution in [2.45, 2.75) is 13.8 Å². The lowest BCUT2D eigenvalue weighted by Crippen LogP contribution is -2.12. The summed E-state index contributed by atoms with van der Waals surface area (Å²) in [5, 5.41) is 3.11. The second-order valence-electron chi connectivity index (χ2n) is 2.61. The third-order valence-electron chi connectivity index (χ3n) is 1.51. The molecule has 0 saturated carbocycles. The fourth-order valence-electron chi connectivity index (χ4n) is 0.758. The number of hydrogen-bond acceptors (Lipinski definition) is 2. The molecule has 3 nitrogen and oxygen atoms in total. The van der Waals surface area contributed by atoms with Crippen molar-refractivity contribution in [3.63, 3.8) is 0 Å². The van der Waals surface area contributed by atoms with Crippen molar-refractivity contribution < 1.29 is 0 Å². The van der Waals surface area contributed by atoms with Crippen molar-refractivity contribution in [3.8, 4) is 0 Å². The van der Waals surface area contributed by atoms with Crippen molar-refractivity contribution in [2.75, 3.05) is 13.1 Å². The van der Waals surface area contributed by atoms with Crippen LogP contribution in [0.5, 0.6) is 0 Å². The summed E-state index contributed by atoms with van der Waals surface area (Å²) < 4.78 is 1.53. The Morgan fingerprint density at radius 1 is 1.31 bits per heavy atom. The molecule has 0 radical (unpaired) electrons. The van der Waals surface area contributed by atoms with Gasteiger partial charge in [0, 0.05) is 19.3 Å². The maximum Gasteiger partial charge on any atom is 0.250 e. The molecule has 1 rings (SSSR count). The second kappa shape index (κ2) is 7.55. The highest BCUT2D eigenvalue weighted by atomic mass is 16.1. The number of pyridine rings is 1. The molecule has 0 amide bonds. The van der Waals surface area contributed by atoms with Gasteiger partial charge in [0.25, 0.3) is 0 Å². The van der Waals surface area contributed by atoms with Gasteiger partial charge in [-0.25, -0.2) is 0 Å². The Morgan fingerprint density at radius 3 is 2.15 bits per heavy atom. The number of rotatable bonds is 2. The van der Waals surface area contributed by atoms with E-state index in [9.17, 15) is 4.79 Å². The highest BCUT2D eigenvalue weighted by molar-refractivity contribution is 4.91. The normalized spacial score (nSPS) is 8.85. The SMILES string of the molecule is CCNCC.Cn1ccccc1=O. The van der Waals surface area contributed by atoms with E-state index in [0.717, 1.165) is 13.1 Å². The van der Waals surface area contributed by atoms with E-state index in [-0.39, 0.29) is 5.56 Å². The highest BCUT2D eigenvalue weighted by Gasteiger charge is 1.79. The molecule has 1 heterocycles. The molecule has 1 aromatic rings. The summed E-state index contributed by atoms with van der Waals surface area (Å²) in [5.74, 6) is 0. The lowest BCUT2D eigenvalue weighted by molar-refractivity contribution is 0.762. The summed E-state index contributed by atoms with van der Waals surface area (Å²) in [6.45, 7) is 6.39. The summed E-state index contributed by atoms with van der Waals surface area (Å²) >= 11 is 0. The van der Waals surface area contributed by atoms with Crippen LogP contribution in [0.1, 0.15) is 13.8 Å². The zero-order valence-corrected chi connectivity index (χ0v) is 8.58. The average molecular weight is 182 g/mol. The van der Waals surface area contributed by atoms with Gasteiger partial charge in [-0.3, -0.25) is 4.79 Å². The summed E-state index contributed by atoms with van der Waals surface area (Å²) in [6.07, 6.45) is 1.72. The predicted molar refractivity (Wildman–Crippen MR) is 55.9 cm³/mol. The summed E-state index contributed by atoms with van der Waals surface area (Å²) in [5.41, 5.74) is 0.0347. The maximum atomic E-state index is 10.6. The van der Waals surface area contributed by atoms with E-state index < -0.39 is 0 Å². The van der Waals surface area contributed by atoms with Gasteiger partial charge in [-0.2, -0.15) is 0 Å². The Morgan fingerprint density at radius 2 is 1.92 bits per heavy atom. The fraction of sp³-hybridized carbons (Fsp3) is 0.500. The number of nitrogens with one attached hydrogen (secondary N) is 1. The first-order valence-electron chi connectivity index (χ1n) is 4.54. The van der Waals surface area contributed by atoms with Crippen LogP contribution < -0.4 is 10.9 Å². The minimum absolute atomic E-state index is 0.0347. The van der Waals surface area contributed by atoms with E-state index in [2.05, 4.69) is 19.2 Å². The van der Waals surface area contributed by atoms with Gasteiger partial charge >= 0.3 is 0 Å². The summed E-state index contributed by atoms with van der Waals surface area (Å²) in [7, 11) is 1.72. The monoisotopic (exact) mass is 182 g/mol. The van der Waals surface area contributed by atoms with Crippen LogP contribution in [0.15, 0.2) is 29.2 Å². The smallest absolute Gasteiger partial charge is 0.250 e. The molecule has 0 spiro atoms. The number of aryl methyl sites for hydroxylation is 1. The number of hydrogen-bond donors (Lipinski definition) is 1. The lowest BCUT2D eigenvalue weighted by Gasteiger charge is -1.89. The third-order valence-corrected chi connectivity index (χ3v) is 1.51. The van der Waals surface area contributed by atoms with Crippen LogP contribution in [0.25, 0.3) is 0 Å². The molecule has 0 atom stereocenters. The van der Waals surface area contributed by atoms with Crippen molar-refractivity contribution in [1.82, 2.24) is 9.88 Å². The van der Waals surface area contributed by atoms with Gasteiger partial charge in [0.05, 0.1) is 0 Å². The van der Waals surface area contributed by atoms with Gasteiger partial charge in [-0.15, -0.1) is 0 Å². The zero-order valence-electron chi connectivity index (χ0n) is 8.58. The molecule has 0 bridgehead atoms. The van der Waals surface area contributed by atoms with E-state index in [1.54, 1.807) is 19.3 Å². The van der Waals surface area contributed by atoms with Crippen LogP contribution in [-0.4, -0.2) is 17.7 Å². The van der Waals surface area contributed by atoms with Crippen LogP contribution in [0.3, 0.4) is 0 Å². The largest absolute Gasteiger partial charge is 0.319 e. The Balaban J connectivity index is 0.000000252. The first kappa shape index (κ1) is 11.9. The lowest BCUT2D eigenvalue weighted by atomic mass is 10.5. The van der Waals surface area contributed by atoms with E-state index in [1.165, 1.54) is 10.6 Å². The molecule has 0 aliphatic heterocycles. The third kappa shape index (κ3) is 6.11. The van der Waals surface area contributed by atoms with Crippen LogP contribution in [0.2, 0.25) is 0 Å². The van der Waals surface area contributed by atoms with Crippen LogP contribution in [0, 0.1) is 0 Å². The standard InChI is InChI=1S/C6H7NO.C4H11N/c1-7-5-3-2-4-6(7)8;1-3-5-4-2/h2-5H,1H3;5H,3-4H2,1-2H3. The number of nitrogens with zero attached hydrogens (tertiary/aromatic N) is 1. The molecule has 0 aromatic carbocycles. The van der Waals surface area contributed by atoms with Gasteiger partial charge < -0.3 is 9.88 Å². The quantitative estimate of drug-likeness (QED) is 0.740. The van der Waals surface area contributed by atoms with Gasteiger partial charge in [0.1, 0.15) is 0 Å². The van der Waals surface area contributed by atoms with Crippen LogP contribution in [0.4, 0.5) is 0 Å². The minimum atomic E-state index is 0.0347. The minimum Gasteiger partial charge on any atom is -0.319 e. The Hall–Kier alpha value is -1.09. The van der Waals surface area contributed by atoms with Crippen LogP contribution >= 0.6 is 0 Å². The molecular weight excluding hydrogens is 164 g/mol. The number of aromatic nitrogens is 1. The van der Waals surface area contributed by atoms with Gasteiger partial charge in [0.15, 0.2) is 0 Å². The second-order valence-corrected chi connectivity index (χ2v) is 2.61. The fourth-order valence-corrected chi connectivity index (χ4v) is 0.758. The Kier molecular flexibility index (Phi) is 6.92. The summed E-state index contributed by atoms with van der Waals surface area (Å²) in [4.78, 5) is 10.6. The average Bonchev–Trinajstić information content (AvgIpc) is 2.13. The first-order valence-corrected chi connectivity index (χ1v) is 4.54. The van der Waals surface area contributed by atoms with Crippen molar-refractivity contribution in [2.24, 2.45) is 7.05 Å². The molecule has 0 aliphatic rings. The Bertz CT molecular complexity index is 266. The molecule has 74 valence electrons. The maximum absolute atomic E-state index is 10.6. The summed E-state index contributed by atoms with van der Waals surface area (Å²) in [6, 6.07) is 5.07. The topological polar surface area (TPSA) is 34.0 Å². The van der Waals surface area contributed by atoms with E-state index in [0.29, 0.717) is 0 Å². The molecule has 0 saturated heterocycles. The van der Waals surface area contributed by atoms with E-state index >= 15 is 0 Å². The van der Waals surface area contributed by atoms with E-state index in [4.69, 9.17) is 0 Å². The molecule has 3 heteroatoms. The zero-order chi connectivity index (χ0) is 10.1. The highest BCUT2D eigenvalue weighted by Crippen LogP contribution is 1.73. The predicted octanol–water partition coefficient (Wildman–Crippen LogP) is 1.00. The molecule has 0 unspecified atom stereocenters.